The van der Waals surface area contributed by atoms with Gasteiger partial charge in [0.15, 0.2) is 5.76 Å². The van der Waals surface area contributed by atoms with E-state index in [4.69, 9.17) is 4.42 Å². The average Bonchev–Trinajstić information content (AvgIpc) is 3.24. The van der Waals surface area contributed by atoms with E-state index in [1.54, 1.807) is 41.9 Å². The normalized spacial score (nSPS) is 10.8. The van der Waals surface area contributed by atoms with Gasteiger partial charge in [-0.1, -0.05) is 0 Å². The molecule has 2 N–H and O–H groups in total. The number of furan rings is 1. The number of thiazole rings is 1. The van der Waals surface area contributed by atoms with E-state index in [9.17, 15) is 9.90 Å². The van der Waals surface area contributed by atoms with Crippen LogP contribution in [0.1, 0.15) is 10.6 Å². The minimum atomic E-state index is -0.316. The van der Waals surface area contributed by atoms with Gasteiger partial charge in [0.05, 0.1) is 15.7 Å². The topological polar surface area (TPSA) is 75.4 Å². The number of phenols is 1. The molecule has 2 aromatic heterocycles. The lowest BCUT2D eigenvalue weighted by Gasteiger charge is -2.03. The number of rotatable bonds is 3. The van der Waals surface area contributed by atoms with Gasteiger partial charge in [0, 0.05) is 11.3 Å². The Kier molecular flexibility index (Phi) is 3.51. The number of carbonyl (C=O) groups excluding carboxylic acids is 1. The molecule has 0 aliphatic carbocycles. The lowest BCUT2D eigenvalue weighted by atomic mass is 10.2. The standard InChI is InChI=1S/C18H12N2O3S/c21-13-4-1-11(2-5-13)15-7-8-16(23-15)18(22)20-12-3-6-14-17(9-12)24-10-19-14/h1-10,21H,(H,20,22). The van der Waals surface area contributed by atoms with Gasteiger partial charge in [-0.15, -0.1) is 11.3 Å². The van der Waals surface area contributed by atoms with Crippen LogP contribution in [0.4, 0.5) is 5.69 Å². The van der Waals surface area contributed by atoms with Gasteiger partial charge in [0.2, 0.25) is 0 Å². The van der Waals surface area contributed by atoms with Crippen LogP contribution in [0.3, 0.4) is 0 Å². The van der Waals surface area contributed by atoms with Crippen molar-refractivity contribution < 1.29 is 14.3 Å². The smallest absolute Gasteiger partial charge is 0.291 e. The second-order valence-corrected chi connectivity index (χ2v) is 6.09. The van der Waals surface area contributed by atoms with E-state index in [2.05, 4.69) is 10.3 Å². The van der Waals surface area contributed by atoms with E-state index < -0.39 is 0 Å². The largest absolute Gasteiger partial charge is 0.508 e. The van der Waals surface area contributed by atoms with Gasteiger partial charge >= 0.3 is 0 Å². The number of amides is 1. The molecule has 0 bridgehead atoms. The van der Waals surface area contributed by atoms with Crippen molar-refractivity contribution in [2.24, 2.45) is 0 Å². The molecule has 6 heteroatoms. The number of benzene rings is 2. The zero-order valence-corrected chi connectivity index (χ0v) is 13.2. The van der Waals surface area contributed by atoms with Gasteiger partial charge in [0.25, 0.3) is 5.91 Å². The Bertz CT molecular complexity index is 1020. The van der Waals surface area contributed by atoms with Crippen LogP contribution in [0, 0.1) is 0 Å². The van der Waals surface area contributed by atoms with E-state index >= 15 is 0 Å². The first kappa shape index (κ1) is 14.5. The maximum atomic E-state index is 12.3. The molecule has 0 saturated carbocycles. The van der Waals surface area contributed by atoms with Crippen molar-refractivity contribution in [2.45, 2.75) is 0 Å². The number of hydrogen-bond acceptors (Lipinski definition) is 5. The molecular weight excluding hydrogens is 324 g/mol. The van der Waals surface area contributed by atoms with E-state index in [0.29, 0.717) is 11.4 Å². The fraction of sp³-hybridized carbons (Fsp3) is 0. The molecule has 0 fully saturated rings. The van der Waals surface area contributed by atoms with Crippen LogP contribution >= 0.6 is 11.3 Å². The summed E-state index contributed by atoms with van der Waals surface area (Å²) in [7, 11) is 0. The summed E-state index contributed by atoms with van der Waals surface area (Å²) in [6.45, 7) is 0. The highest BCUT2D eigenvalue weighted by atomic mass is 32.1. The van der Waals surface area contributed by atoms with Crippen molar-refractivity contribution in [3.05, 3.63) is 65.9 Å². The molecule has 0 spiro atoms. The predicted molar refractivity (Wildman–Crippen MR) is 93.4 cm³/mol. The SMILES string of the molecule is O=C(Nc1ccc2ncsc2c1)c1ccc(-c2ccc(O)cc2)o1. The predicted octanol–water partition coefficient (Wildman–Crippen LogP) is 4.51. The third-order valence-corrected chi connectivity index (χ3v) is 4.36. The molecule has 0 saturated heterocycles. The minimum Gasteiger partial charge on any atom is -0.508 e. The van der Waals surface area contributed by atoms with Crippen molar-refractivity contribution in [3.63, 3.8) is 0 Å². The molecular formula is C18H12N2O3S. The van der Waals surface area contributed by atoms with E-state index in [1.165, 1.54) is 11.3 Å². The van der Waals surface area contributed by atoms with E-state index in [-0.39, 0.29) is 17.4 Å². The zero-order valence-electron chi connectivity index (χ0n) is 12.4. The number of aromatic nitrogens is 1. The molecule has 4 aromatic rings. The molecule has 0 aliphatic rings. The van der Waals surface area contributed by atoms with Crippen LogP contribution < -0.4 is 5.32 Å². The highest BCUT2D eigenvalue weighted by Crippen LogP contribution is 2.25. The molecule has 118 valence electrons. The second-order valence-electron chi connectivity index (χ2n) is 5.20. The van der Waals surface area contributed by atoms with Crippen LogP contribution in [-0.4, -0.2) is 16.0 Å². The Labute approximate surface area is 141 Å². The Morgan fingerprint density at radius 2 is 1.92 bits per heavy atom. The number of carbonyl (C=O) groups is 1. The molecule has 2 aromatic carbocycles. The summed E-state index contributed by atoms with van der Waals surface area (Å²) in [6, 6.07) is 15.5. The second kappa shape index (κ2) is 5.82. The zero-order chi connectivity index (χ0) is 16.5. The van der Waals surface area contributed by atoms with Gasteiger partial charge in [-0.05, 0) is 54.6 Å². The van der Waals surface area contributed by atoms with Crippen LogP contribution in [0.5, 0.6) is 5.75 Å². The lowest BCUT2D eigenvalue weighted by Crippen LogP contribution is -2.10. The van der Waals surface area contributed by atoms with Gasteiger partial charge < -0.3 is 14.8 Å². The maximum absolute atomic E-state index is 12.3. The summed E-state index contributed by atoms with van der Waals surface area (Å²) in [5.41, 5.74) is 4.16. The number of hydrogen-bond donors (Lipinski definition) is 2. The number of phenolic OH excluding ortho intramolecular Hbond substituents is 1. The average molecular weight is 336 g/mol. The summed E-state index contributed by atoms with van der Waals surface area (Å²) in [5, 5.41) is 12.1. The minimum absolute atomic E-state index is 0.182. The van der Waals surface area contributed by atoms with Crippen LogP contribution in [0.2, 0.25) is 0 Å². The highest BCUT2D eigenvalue weighted by Gasteiger charge is 2.13. The fourth-order valence-electron chi connectivity index (χ4n) is 2.37. The summed E-state index contributed by atoms with van der Waals surface area (Å²) in [4.78, 5) is 16.5. The Morgan fingerprint density at radius 1 is 1.08 bits per heavy atom. The number of nitrogens with zero attached hydrogens (tertiary/aromatic N) is 1. The monoisotopic (exact) mass is 336 g/mol. The van der Waals surface area contributed by atoms with Crippen molar-refractivity contribution >= 4 is 33.1 Å². The lowest BCUT2D eigenvalue weighted by molar-refractivity contribution is 0.0997. The van der Waals surface area contributed by atoms with Gasteiger partial charge in [-0.25, -0.2) is 4.98 Å². The Hall–Kier alpha value is -3.12. The van der Waals surface area contributed by atoms with Crippen LogP contribution in [0.15, 0.2) is 64.5 Å². The van der Waals surface area contributed by atoms with E-state index in [1.807, 2.05) is 18.2 Å². The molecule has 0 radical (unpaired) electrons. The number of aromatic hydroxyl groups is 1. The molecule has 5 nitrogen and oxygen atoms in total. The fourth-order valence-corrected chi connectivity index (χ4v) is 3.08. The maximum Gasteiger partial charge on any atom is 0.291 e. The van der Waals surface area contributed by atoms with Crippen molar-refractivity contribution in [3.8, 4) is 17.1 Å². The molecule has 0 atom stereocenters. The summed E-state index contributed by atoms with van der Waals surface area (Å²) >= 11 is 1.52. The Balaban J connectivity index is 1.55. The first-order valence-electron chi connectivity index (χ1n) is 7.23. The van der Waals surface area contributed by atoms with E-state index in [0.717, 1.165) is 15.8 Å². The third kappa shape index (κ3) is 2.75. The van der Waals surface area contributed by atoms with Crippen molar-refractivity contribution in [1.82, 2.24) is 4.98 Å². The first-order valence-corrected chi connectivity index (χ1v) is 8.11. The number of nitrogens with one attached hydrogen (secondary N) is 1. The van der Waals surface area contributed by atoms with Gasteiger partial charge in [0.1, 0.15) is 11.5 Å². The van der Waals surface area contributed by atoms with Crippen LogP contribution in [0.25, 0.3) is 21.5 Å². The summed E-state index contributed by atoms with van der Waals surface area (Å²) < 4.78 is 6.62. The molecule has 2 heterocycles. The van der Waals surface area contributed by atoms with Crippen molar-refractivity contribution in [1.29, 1.82) is 0 Å². The molecule has 24 heavy (non-hydrogen) atoms. The van der Waals surface area contributed by atoms with Crippen LogP contribution in [-0.2, 0) is 0 Å². The quantitative estimate of drug-likeness (QED) is 0.577. The molecule has 0 aliphatic heterocycles. The Morgan fingerprint density at radius 3 is 2.75 bits per heavy atom. The highest BCUT2D eigenvalue weighted by molar-refractivity contribution is 7.16. The molecule has 0 unspecified atom stereocenters. The van der Waals surface area contributed by atoms with Gasteiger partial charge in [-0.2, -0.15) is 0 Å². The number of anilines is 1. The van der Waals surface area contributed by atoms with Crippen molar-refractivity contribution in [2.75, 3.05) is 5.32 Å². The summed E-state index contributed by atoms with van der Waals surface area (Å²) in [5.74, 6) is 0.658. The first-order chi connectivity index (χ1) is 11.7. The molecule has 1 amide bonds. The summed E-state index contributed by atoms with van der Waals surface area (Å²) in [6.07, 6.45) is 0. The third-order valence-electron chi connectivity index (χ3n) is 3.57. The molecule has 4 rings (SSSR count). The number of fused-ring (bicyclic) bond motifs is 1. The van der Waals surface area contributed by atoms with Gasteiger partial charge in [-0.3, -0.25) is 4.79 Å².